The number of carbonyl (C=O) groups is 2. The number of methoxy groups -OCH3 is 2. The number of benzene rings is 1. The van der Waals surface area contributed by atoms with E-state index in [4.69, 9.17) is 14.6 Å². The van der Waals surface area contributed by atoms with E-state index in [0.717, 1.165) is 5.56 Å². The van der Waals surface area contributed by atoms with E-state index in [2.05, 4.69) is 0 Å². The van der Waals surface area contributed by atoms with Crippen LogP contribution in [0, 0.1) is 0 Å². The molecule has 0 aliphatic carbocycles. The zero-order valence-electron chi connectivity index (χ0n) is 13.5. The average Bonchev–Trinajstić information content (AvgIpc) is 2.49. The monoisotopic (exact) mass is 309 g/mol. The first-order valence-electron chi connectivity index (χ1n) is 7.11. The van der Waals surface area contributed by atoms with Crippen LogP contribution in [0.2, 0.25) is 0 Å². The van der Waals surface area contributed by atoms with Crippen LogP contribution >= 0.6 is 0 Å². The molecule has 122 valence electrons. The standard InChI is InChI=1S/C16H23NO5/c1-11(2)17(10-16(19)20)15(18)8-6-12-5-7-13(21-3)14(9-12)22-4/h5,7,9,11H,6,8,10H2,1-4H3,(H,19,20). The van der Waals surface area contributed by atoms with Crippen molar-refractivity contribution in [3.05, 3.63) is 23.8 Å². The Bertz CT molecular complexity index is 527. The van der Waals surface area contributed by atoms with Crippen LogP contribution < -0.4 is 9.47 Å². The lowest BCUT2D eigenvalue weighted by molar-refractivity contribution is -0.145. The fourth-order valence-electron chi connectivity index (χ4n) is 2.14. The highest BCUT2D eigenvalue weighted by atomic mass is 16.5. The summed E-state index contributed by atoms with van der Waals surface area (Å²) in [4.78, 5) is 24.4. The molecule has 22 heavy (non-hydrogen) atoms. The van der Waals surface area contributed by atoms with Gasteiger partial charge in [-0.2, -0.15) is 0 Å². The average molecular weight is 309 g/mol. The fourth-order valence-corrected chi connectivity index (χ4v) is 2.14. The topological polar surface area (TPSA) is 76.1 Å². The van der Waals surface area contributed by atoms with Crippen LogP contribution in [0.1, 0.15) is 25.8 Å². The molecule has 0 unspecified atom stereocenters. The van der Waals surface area contributed by atoms with E-state index >= 15 is 0 Å². The van der Waals surface area contributed by atoms with Gasteiger partial charge in [-0.05, 0) is 38.0 Å². The lowest BCUT2D eigenvalue weighted by atomic mass is 10.1. The van der Waals surface area contributed by atoms with Crippen molar-refractivity contribution in [1.29, 1.82) is 0 Å². The van der Waals surface area contributed by atoms with Crippen LogP contribution in [-0.2, 0) is 16.0 Å². The molecule has 0 aliphatic heterocycles. The maximum atomic E-state index is 12.2. The molecule has 0 atom stereocenters. The van der Waals surface area contributed by atoms with Gasteiger partial charge in [0.05, 0.1) is 14.2 Å². The second-order valence-electron chi connectivity index (χ2n) is 5.20. The largest absolute Gasteiger partial charge is 0.493 e. The van der Waals surface area contributed by atoms with Crippen LogP contribution in [0.5, 0.6) is 11.5 Å². The van der Waals surface area contributed by atoms with Gasteiger partial charge in [0.1, 0.15) is 6.54 Å². The van der Waals surface area contributed by atoms with Crippen LogP contribution in [-0.4, -0.2) is 48.7 Å². The number of aliphatic carboxylic acids is 1. The Morgan fingerprint density at radius 2 is 1.82 bits per heavy atom. The van der Waals surface area contributed by atoms with Crippen LogP contribution in [0.4, 0.5) is 0 Å². The van der Waals surface area contributed by atoms with E-state index in [0.29, 0.717) is 17.9 Å². The molecule has 1 aromatic rings. The Labute approximate surface area is 130 Å². The van der Waals surface area contributed by atoms with Gasteiger partial charge in [0.15, 0.2) is 11.5 Å². The Kier molecular flexibility index (Phi) is 6.69. The van der Waals surface area contributed by atoms with Gasteiger partial charge in [0, 0.05) is 12.5 Å². The summed E-state index contributed by atoms with van der Waals surface area (Å²) in [5.41, 5.74) is 0.935. The smallest absolute Gasteiger partial charge is 0.323 e. The van der Waals surface area contributed by atoms with Gasteiger partial charge in [0.2, 0.25) is 5.91 Å². The van der Waals surface area contributed by atoms with Crippen molar-refractivity contribution in [3.8, 4) is 11.5 Å². The molecule has 0 radical (unpaired) electrons. The third-order valence-electron chi connectivity index (χ3n) is 3.32. The van der Waals surface area contributed by atoms with E-state index in [-0.39, 0.29) is 24.9 Å². The predicted molar refractivity (Wildman–Crippen MR) is 82.4 cm³/mol. The highest BCUT2D eigenvalue weighted by Gasteiger charge is 2.19. The van der Waals surface area contributed by atoms with E-state index < -0.39 is 5.97 Å². The molecule has 1 aromatic carbocycles. The van der Waals surface area contributed by atoms with E-state index in [1.54, 1.807) is 34.1 Å². The van der Waals surface area contributed by atoms with Gasteiger partial charge in [0.25, 0.3) is 0 Å². The highest BCUT2D eigenvalue weighted by molar-refractivity contribution is 5.81. The summed E-state index contributed by atoms with van der Waals surface area (Å²) in [5, 5.41) is 8.87. The van der Waals surface area contributed by atoms with Gasteiger partial charge in [-0.15, -0.1) is 0 Å². The van der Waals surface area contributed by atoms with Crippen molar-refractivity contribution in [1.82, 2.24) is 4.90 Å². The van der Waals surface area contributed by atoms with E-state index in [9.17, 15) is 9.59 Å². The van der Waals surface area contributed by atoms with Crippen LogP contribution in [0.15, 0.2) is 18.2 Å². The molecule has 0 aromatic heterocycles. The Morgan fingerprint density at radius 3 is 2.32 bits per heavy atom. The summed E-state index contributed by atoms with van der Waals surface area (Å²) < 4.78 is 10.4. The number of nitrogens with zero attached hydrogens (tertiary/aromatic N) is 1. The molecule has 1 amide bonds. The SMILES string of the molecule is COc1ccc(CCC(=O)N(CC(=O)O)C(C)C)cc1OC. The third-order valence-corrected chi connectivity index (χ3v) is 3.32. The van der Waals surface area contributed by atoms with E-state index in [1.807, 2.05) is 12.1 Å². The first kappa shape index (κ1) is 17.8. The molecule has 0 heterocycles. The maximum absolute atomic E-state index is 12.2. The van der Waals surface area contributed by atoms with Gasteiger partial charge in [-0.3, -0.25) is 9.59 Å². The number of ether oxygens (including phenoxy) is 2. The molecule has 0 spiro atoms. The molecule has 1 N–H and O–H groups in total. The highest BCUT2D eigenvalue weighted by Crippen LogP contribution is 2.28. The summed E-state index contributed by atoms with van der Waals surface area (Å²) in [6.07, 6.45) is 0.767. The predicted octanol–water partition coefficient (Wildman–Crippen LogP) is 1.96. The molecular formula is C16H23NO5. The van der Waals surface area contributed by atoms with Crippen molar-refractivity contribution in [2.75, 3.05) is 20.8 Å². The lowest BCUT2D eigenvalue weighted by Crippen LogP contribution is -2.40. The maximum Gasteiger partial charge on any atom is 0.323 e. The van der Waals surface area contributed by atoms with Gasteiger partial charge >= 0.3 is 5.97 Å². The quantitative estimate of drug-likeness (QED) is 0.794. The number of hydrogen-bond donors (Lipinski definition) is 1. The summed E-state index contributed by atoms with van der Waals surface area (Å²) in [7, 11) is 3.12. The van der Waals surface area contributed by atoms with E-state index in [1.165, 1.54) is 4.90 Å². The number of aryl methyl sites for hydroxylation is 1. The first-order chi connectivity index (χ1) is 10.4. The Morgan fingerprint density at radius 1 is 1.18 bits per heavy atom. The molecule has 6 nitrogen and oxygen atoms in total. The van der Waals surface area contributed by atoms with Gasteiger partial charge in [-0.1, -0.05) is 6.07 Å². The van der Waals surface area contributed by atoms with Crippen molar-refractivity contribution in [2.45, 2.75) is 32.7 Å². The first-order valence-corrected chi connectivity index (χ1v) is 7.11. The number of hydrogen-bond acceptors (Lipinski definition) is 4. The summed E-state index contributed by atoms with van der Waals surface area (Å²) in [6.45, 7) is 3.33. The van der Waals surface area contributed by atoms with Crippen LogP contribution in [0.25, 0.3) is 0 Å². The normalized spacial score (nSPS) is 10.4. The number of carbonyl (C=O) groups excluding carboxylic acids is 1. The number of amides is 1. The second-order valence-corrected chi connectivity index (χ2v) is 5.20. The molecule has 0 saturated carbocycles. The molecule has 1 rings (SSSR count). The van der Waals surface area contributed by atoms with Crippen molar-refractivity contribution in [3.63, 3.8) is 0 Å². The summed E-state index contributed by atoms with van der Waals surface area (Å²) in [6, 6.07) is 5.33. The molecule has 0 fully saturated rings. The molecule has 0 bridgehead atoms. The number of carboxylic acid groups (broad SMARTS) is 1. The zero-order valence-corrected chi connectivity index (χ0v) is 13.5. The minimum Gasteiger partial charge on any atom is -0.493 e. The van der Waals surface area contributed by atoms with Crippen molar-refractivity contribution >= 4 is 11.9 Å². The van der Waals surface area contributed by atoms with Gasteiger partial charge < -0.3 is 19.5 Å². The Balaban J connectivity index is 2.72. The fraction of sp³-hybridized carbons (Fsp3) is 0.500. The molecular weight excluding hydrogens is 286 g/mol. The minimum absolute atomic E-state index is 0.144. The third kappa shape index (κ3) is 4.95. The molecule has 0 aliphatic rings. The Hall–Kier alpha value is -2.24. The summed E-state index contributed by atoms with van der Waals surface area (Å²) in [5.74, 6) is 0.0614. The summed E-state index contributed by atoms with van der Waals surface area (Å²) >= 11 is 0. The van der Waals surface area contributed by atoms with Crippen molar-refractivity contribution in [2.24, 2.45) is 0 Å². The second kappa shape index (κ2) is 8.26. The zero-order chi connectivity index (χ0) is 16.7. The lowest BCUT2D eigenvalue weighted by Gasteiger charge is -2.25. The van der Waals surface area contributed by atoms with Crippen LogP contribution in [0.3, 0.4) is 0 Å². The number of carboxylic acids is 1. The van der Waals surface area contributed by atoms with Gasteiger partial charge in [-0.25, -0.2) is 0 Å². The van der Waals surface area contributed by atoms with Crippen molar-refractivity contribution < 1.29 is 24.2 Å². The molecule has 0 saturated heterocycles. The minimum atomic E-state index is -1.01. The molecule has 6 heteroatoms. The number of rotatable bonds is 8.